The number of anilines is 2. The Morgan fingerprint density at radius 1 is 1.16 bits per heavy atom. The number of aromatic nitrogens is 5. The Morgan fingerprint density at radius 3 is 2.90 bits per heavy atom. The molecule has 1 aliphatic heterocycles. The van der Waals surface area contributed by atoms with Gasteiger partial charge in [-0.05, 0) is 55.4 Å². The van der Waals surface area contributed by atoms with Gasteiger partial charge in [-0.2, -0.15) is 10.1 Å². The maximum atomic E-state index is 12.0. The number of ether oxygens (including phenoxy) is 1. The summed E-state index contributed by atoms with van der Waals surface area (Å²) in [6.07, 6.45) is 2.72. The number of hydrogen-bond donors (Lipinski definition) is 5. The Balaban J connectivity index is 1.18. The third-order valence-corrected chi connectivity index (χ3v) is 5.10. The lowest BCUT2D eigenvalue weighted by Gasteiger charge is -2.12. The van der Waals surface area contributed by atoms with Gasteiger partial charge in [-0.3, -0.25) is 15.0 Å². The van der Waals surface area contributed by atoms with Gasteiger partial charge in [0.05, 0.1) is 11.7 Å². The molecular formula is C21H22N8O2. The largest absolute Gasteiger partial charge is 0.484 e. The average molecular weight is 418 g/mol. The first-order valence-corrected chi connectivity index (χ1v) is 10.1. The van der Waals surface area contributed by atoms with Crippen LogP contribution in [0.2, 0.25) is 0 Å². The number of hydrogen-bond acceptors (Lipinski definition) is 7. The lowest BCUT2D eigenvalue weighted by Crippen LogP contribution is -2.39. The Morgan fingerprint density at radius 2 is 2.06 bits per heavy atom. The normalized spacial score (nSPS) is 15.8. The zero-order valence-corrected chi connectivity index (χ0v) is 16.7. The highest BCUT2D eigenvalue weighted by molar-refractivity contribution is 5.82. The van der Waals surface area contributed by atoms with E-state index in [2.05, 4.69) is 41.3 Å². The molecule has 158 valence electrons. The molecule has 1 atom stereocenters. The van der Waals surface area contributed by atoms with Crippen molar-refractivity contribution < 1.29 is 9.53 Å². The Hall–Kier alpha value is -3.92. The van der Waals surface area contributed by atoms with Crippen molar-refractivity contribution in [1.29, 1.82) is 0 Å². The highest BCUT2D eigenvalue weighted by Gasteiger charge is 2.16. The molecule has 0 radical (unpaired) electrons. The first-order chi connectivity index (χ1) is 15.2. The van der Waals surface area contributed by atoms with Crippen molar-refractivity contribution in [3.63, 3.8) is 0 Å². The van der Waals surface area contributed by atoms with Gasteiger partial charge in [-0.1, -0.05) is 0 Å². The van der Waals surface area contributed by atoms with Crippen LogP contribution in [0.1, 0.15) is 6.42 Å². The van der Waals surface area contributed by atoms with E-state index in [-0.39, 0.29) is 18.6 Å². The fourth-order valence-corrected chi connectivity index (χ4v) is 3.50. The molecule has 0 spiro atoms. The minimum atomic E-state index is -0.114. The van der Waals surface area contributed by atoms with Crippen molar-refractivity contribution in [3.05, 3.63) is 48.7 Å². The standard InChI is InChI=1S/C21H22N8O2/c30-19(24-16-7-8-22-11-16)12-31-17-4-1-13(2-5-17)20-26-21(29-28-20)25-15-3-6-18-14(9-15)10-23-27-18/h1-6,9-10,16,22H,7-8,11-12H2,(H,23,27)(H,24,30)(H2,25,26,28,29). The summed E-state index contributed by atoms with van der Waals surface area (Å²) in [5.41, 5.74) is 2.70. The van der Waals surface area contributed by atoms with Crippen LogP contribution in [0.15, 0.2) is 48.7 Å². The molecule has 1 aliphatic rings. The number of nitrogens with zero attached hydrogens (tertiary/aromatic N) is 3. The molecule has 0 bridgehead atoms. The summed E-state index contributed by atoms with van der Waals surface area (Å²) in [5.74, 6) is 1.60. The summed E-state index contributed by atoms with van der Waals surface area (Å²) in [4.78, 5) is 16.5. The number of aromatic amines is 2. The van der Waals surface area contributed by atoms with Gasteiger partial charge in [0.25, 0.3) is 5.91 Å². The molecule has 31 heavy (non-hydrogen) atoms. The van der Waals surface area contributed by atoms with Crippen LogP contribution in [0.4, 0.5) is 11.6 Å². The molecule has 2 aromatic heterocycles. The number of carbonyl (C=O) groups excluding carboxylic acids is 1. The number of carbonyl (C=O) groups is 1. The van der Waals surface area contributed by atoms with Gasteiger partial charge in [0.1, 0.15) is 5.75 Å². The van der Waals surface area contributed by atoms with Gasteiger partial charge in [0.2, 0.25) is 5.95 Å². The fourth-order valence-electron chi connectivity index (χ4n) is 3.50. The fraction of sp³-hybridized carbons (Fsp3) is 0.238. The molecule has 1 unspecified atom stereocenters. The number of fused-ring (bicyclic) bond motifs is 1. The molecule has 1 fully saturated rings. The van der Waals surface area contributed by atoms with Crippen molar-refractivity contribution in [2.45, 2.75) is 12.5 Å². The van der Waals surface area contributed by atoms with Crippen molar-refractivity contribution >= 4 is 28.4 Å². The van der Waals surface area contributed by atoms with E-state index >= 15 is 0 Å². The topological polar surface area (TPSA) is 133 Å². The number of H-pyrrole nitrogens is 2. The molecule has 10 nitrogen and oxygen atoms in total. The molecule has 5 N–H and O–H groups in total. The van der Waals surface area contributed by atoms with Crippen molar-refractivity contribution in [1.82, 2.24) is 36.0 Å². The zero-order valence-electron chi connectivity index (χ0n) is 16.7. The van der Waals surface area contributed by atoms with Crippen molar-refractivity contribution in [2.75, 3.05) is 25.0 Å². The summed E-state index contributed by atoms with van der Waals surface area (Å²) >= 11 is 0. The zero-order chi connectivity index (χ0) is 21.0. The van der Waals surface area contributed by atoms with E-state index in [1.807, 2.05) is 42.5 Å². The summed E-state index contributed by atoms with van der Waals surface area (Å²) in [6, 6.07) is 13.4. The van der Waals surface area contributed by atoms with Crippen LogP contribution in [0, 0.1) is 0 Å². The van der Waals surface area contributed by atoms with Gasteiger partial charge < -0.3 is 20.7 Å². The molecule has 1 saturated heterocycles. The molecule has 1 amide bonds. The summed E-state index contributed by atoms with van der Waals surface area (Å²) in [7, 11) is 0. The first kappa shape index (κ1) is 19.1. The third-order valence-electron chi connectivity index (χ3n) is 5.10. The lowest BCUT2D eigenvalue weighted by molar-refractivity contribution is -0.123. The first-order valence-electron chi connectivity index (χ1n) is 10.1. The van der Waals surface area contributed by atoms with E-state index in [4.69, 9.17) is 4.74 Å². The number of benzene rings is 2. The monoisotopic (exact) mass is 418 g/mol. The predicted molar refractivity (Wildman–Crippen MR) is 116 cm³/mol. The lowest BCUT2D eigenvalue weighted by atomic mass is 10.2. The predicted octanol–water partition coefficient (Wildman–Crippen LogP) is 1.95. The molecular weight excluding hydrogens is 396 g/mol. The maximum Gasteiger partial charge on any atom is 0.258 e. The van der Waals surface area contributed by atoms with Crippen molar-refractivity contribution in [3.8, 4) is 17.1 Å². The highest BCUT2D eigenvalue weighted by Crippen LogP contribution is 2.23. The van der Waals surface area contributed by atoms with Gasteiger partial charge >= 0.3 is 0 Å². The highest BCUT2D eigenvalue weighted by atomic mass is 16.5. The number of nitrogens with one attached hydrogen (secondary N) is 5. The van der Waals surface area contributed by atoms with Crippen LogP contribution < -0.4 is 20.7 Å². The van der Waals surface area contributed by atoms with Crippen molar-refractivity contribution in [2.24, 2.45) is 0 Å². The second-order valence-corrected chi connectivity index (χ2v) is 7.37. The summed E-state index contributed by atoms with van der Waals surface area (Å²) in [6.45, 7) is 1.74. The van der Waals surface area contributed by atoms with E-state index in [9.17, 15) is 4.79 Å². The van der Waals surface area contributed by atoms with E-state index < -0.39 is 0 Å². The van der Waals surface area contributed by atoms with Crippen LogP contribution in [-0.2, 0) is 4.79 Å². The van der Waals surface area contributed by atoms with Gasteiger partial charge in [-0.15, -0.1) is 5.10 Å². The molecule has 3 heterocycles. The SMILES string of the molecule is O=C(COc1ccc(-c2nc(Nc3ccc4[nH]ncc4c3)n[nH]2)cc1)NC1CCNC1. The van der Waals surface area contributed by atoms with E-state index in [0.717, 1.165) is 41.7 Å². The molecule has 4 aromatic rings. The minimum absolute atomic E-state index is 0.00672. The molecule has 0 saturated carbocycles. The van der Waals surface area contributed by atoms with Gasteiger partial charge in [-0.25, -0.2) is 0 Å². The van der Waals surface area contributed by atoms with E-state index in [1.54, 1.807) is 6.20 Å². The molecule has 2 aromatic carbocycles. The van der Waals surface area contributed by atoms with Crippen LogP contribution >= 0.6 is 0 Å². The number of amides is 1. The second-order valence-electron chi connectivity index (χ2n) is 7.37. The van der Waals surface area contributed by atoms with Crippen LogP contribution in [0.25, 0.3) is 22.3 Å². The number of rotatable bonds is 7. The maximum absolute atomic E-state index is 12.0. The van der Waals surface area contributed by atoms with Crippen LogP contribution in [0.3, 0.4) is 0 Å². The van der Waals surface area contributed by atoms with Gasteiger partial charge in [0.15, 0.2) is 12.4 Å². The van der Waals surface area contributed by atoms with Crippen LogP contribution in [0.5, 0.6) is 5.75 Å². The molecule has 10 heteroatoms. The summed E-state index contributed by atoms with van der Waals surface area (Å²) < 4.78 is 5.58. The third kappa shape index (κ3) is 4.48. The van der Waals surface area contributed by atoms with E-state index in [1.165, 1.54) is 0 Å². The molecule has 5 rings (SSSR count). The summed E-state index contributed by atoms with van der Waals surface area (Å²) in [5, 5.41) is 24.5. The van der Waals surface area contributed by atoms with Crippen LogP contribution in [-0.4, -0.2) is 57.0 Å². The van der Waals surface area contributed by atoms with E-state index in [0.29, 0.717) is 17.5 Å². The quantitative estimate of drug-likeness (QED) is 0.310. The smallest absolute Gasteiger partial charge is 0.258 e. The average Bonchev–Trinajstić information content (AvgIpc) is 3.55. The Kier molecular flexibility index (Phi) is 5.19. The minimum Gasteiger partial charge on any atom is -0.484 e. The Labute approximate surface area is 177 Å². The molecule has 0 aliphatic carbocycles. The second kappa shape index (κ2) is 8.44. The Bertz CT molecular complexity index is 1180. The van der Waals surface area contributed by atoms with Gasteiger partial charge in [0, 0.05) is 29.2 Å².